The Bertz CT molecular complexity index is 350. The van der Waals surface area contributed by atoms with Crippen LogP contribution >= 0.6 is 0 Å². The maximum Gasteiger partial charge on any atom is 0.346 e. The van der Waals surface area contributed by atoms with Crippen molar-refractivity contribution in [2.24, 2.45) is 0 Å². The molecule has 1 aromatic rings. The molecule has 0 fully saturated rings. The first-order chi connectivity index (χ1) is 5.61. The maximum atomic E-state index is 10.6. The van der Waals surface area contributed by atoms with Crippen LogP contribution in [0.5, 0.6) is 0 Å². The minimum Gasteiger partial charge on any atom is -0.335 e. The molecule has 5 heteroatoms. The Morgan fingerprint density at radius 3 is 2.33 bits per heavy atom. The molecule has 68 valence electrons. The van der Waals surface area contributed by atoms with Crippen molar-refractivity contribution in [1.29, 1.82) is 0 Å². The molecule has 0 aromatic carbocycles. The molecule has 0 saturated heterocycles. The Balaban J connectivity index is 0.000000561. The second-order valence-electron chi connectivity index (χ2n) is 1.95. The molecule has 1 heterocycles. The number of hydrogen-bond acceptors (Lipinski definition) is 3. The van der Waals surface area contributed by atoms with Gasteiger partial charge in [-0.3, -0.25) is 9.78 Å². The summed E-state index contributed by atoms with van der Waals surface area (Å²) in [5.74, 6) is 5.18. The minimum atomic E-state index is -0.593. The van der Waals surface area contributed by atoms with Crippen LogP contribution in [0.15, 0.2) is 15.7 Å². The molecule has 0 spiro atoms. The van der Waals surface area contributed by atoms with Crippen molar-refractivity contribution in [3.8, 4) is 0 Å². The van der Waals surface area contributed by atoms with Crippen LogP contribution in [-0.2, 0) is 0 Å². The summed E-state index contributed by atoms with van der Waals surface area (Å²) < 4.78 is 0.876. The lowest BCUT2D eigenvalue weighted by Gasteiger charge is -1.97. The number of H-pyrrole nitrogens is 1. The lowest BCUT2D eigenvalue weighted by atomic mass is 10.4. The zero-order chi connectivity index (χ0) is 9.72. The van der Waals surface area contributed by atoms with Gasteiger partial charge < -0.3 is 5.84 Å². The molecule has 0 bridgehead atoms. The van der Waals surface area contributed by atoms with E-state index in [1.807, 2.05) is 18.8 Å². The topological polar surface area (TPSA) is 80.9 Å². The van der Waals surface area contributed by atoms with Crippen LogP contribution in [0.3, 0.4) is 0 Å². The van der Waals surface area contributed by atoms with Gasteiger partial charge in [-0.15, -0.1) is 0 Å². The number of nitrogen functional groups attached to an aromatic ring is 1. The highest BCUT2D eigenvalue weighted by atomic mass is 16.2. The number of hydrogen-bond donors (Lipinski definition) is 2. The van der Waals surface area contributed by atoms with Gasteiger partial charge in [-0.25, -0.2) is 9.47 Å². The molecule has 0 unspecified atom stereocenters. The number of nitrogens with two attached hydrogens (primary N) is 1. The molecule has 5 nitrogen and oxygen atoms in total. The number of aryl methyl sites for hydroxylation is 1. The molecule has 0 atom stereocenters. The van der Waals surface area contributed by atoms with Crippen LogP contribution in [0.4, 0.5) is 0 Å². The highest BCUT2D eigenvalue weighted by Gasteiger charge is 1.94. The zero-order valence-electron chi connectivity index (χ0n) is 7.42. The lowest BCUT2D eigenvalue weighted by Crippen LogP contribution is -2.35. The Labute approximate surface area is 69.8 Å². The molecular formula is C7H13N3O2. The minimum absolute atomic E-state index is 0.427. The van der Waals surface area contributed by atoms with Gasteiger partial charge in [-0.1, -0.05) is 13.8 Å². The van der Waals surface area contributed by atoms with Crippen LogP contribution in [-0.4, -0.2) is 9.66 Å². The summed E-state index contributed by atoms with van der Waals surface area (Å²) in [4.78, 5) is 23.2. The average molecular weight is 171 g/mol. The number of nitrogens with one attached hydrogen (secondary N) is 1. The summed E-state index contributed by atoms with van der Waals surface area (Å²) in [7, 11) is 0. The molecule has 0 saturated carbocycles. The molecule has 0 aliphatic rings. The maximum absolute atomic E-state index is 10.6. The monoisotopic (exact) mass is 171 g/mol. The molecule has 12 heavy (non-hydrogen) atoms. The van der Waals surface area contributed by atoms with Gasteiger partial charge in [0.1, 0.15) is 0 Å². The highest BCUT2D eigenvalue weighted by Crippen LogP contribution is 1.78. The van der Waals surface area contributed by atoms with Crippen LogP contribution in [0.1, 0.15) is 19.5 Å². The van der Waals surface area contributed by atoms with Gasteiger partial charge in [0, 0.05) is 11.8 Å². The van der Waals surface area contributed by atoms with E-state index in [1.54, 1.807) is 6.92 Å². The molecular weight excluding hydrogens is 158 g/mol. The van der Waals surface area contributed by atoms with Gasteiger partial charge in [-0.05, 0) is 6.92 Å². The van der Waals surface area contributed by atoms with E-state index in [9.17, 15) is 9.59 Å². The fourth-order valence-electron chi connectivity index (χ4n) is 0.621. The summed E-state index contributed by atoms with van der Waals surface area (Å²) in [6.07, 6.45) is 0. The molecule has 0 radical (unpaired) electrons. The van der Waals surface area contributed by atoms with Gasteiger partial charge in [-0.2, -0.15) is 0 Å². The molecule has 0 aliphatic carbocycles. The molecule has 0 aliphatic heterocycles. The summed E-state index contributed by atoms with van der Waals surface area (Å²) in [6, 6.07) is 1.25. The van der Waals surface area contributed by atoms with E-state index in [4.69, 9.17) is 5.84 Å². The standard InChI is InChI=1S/C5H7N3O2.C2H6/c1-3-2-4(9)7-5(10)8(3)6;1-2/h2H,6H2,1H3,(H,7,9,10);1-2H3. The number of rotatable bonds is 0. The van der Waals surface area contributed by atoms with E-state index in [2.05, 4.69) is 0 Å². The van der Waals surface area contributed by atoms with E-state index in [0.29, 0.717) is 5.69 Å². The smallest absolute Gasteiger partial charge is 0.335 e. The average Bonchev–Trinajstić information content (AvgIpc) is 2.04. The van der Waals surface area contributed by atoms with Crippen LogP contribution in [0.2, 0.25) is 0 Å². The molecule has 1 aromatic heterocycles. The first-order valence-electron chi connectivity index (χ1n) is 3.69. The van der Waals surface area contributed by atoms with E-state index in [0.717, 1.165) is 4.68 Å². The first-order valence-corrected chi connectivity index (χ1v) is 3.69. The second kappa shape index (κ2) is 4.38. The Morgan fingerprint density at radius 1 is 1.42 bits per heavy atom. The number of nitrogens with zero attached hydrogens (tertiary/aromatic N) is 1. The molecule has 1 rings (SSSR count). The van der Waals surface area contributed by atoms with Crippen molar-refractivity contribution in [1.82, 2.24) is 9.66 Å². The van der Waals surface area contributed by atoms with E-state index in [1.165, 1.54) is 6.07 Å². The summed E-state index contributed by atoms with van der Waals surface area (Å²) in [5, 5.41) is 0. The predicted molar refractivity (Wildman–Crippen MR) is 47.6 cm³/mol. The van der Waals surface area contributed by atoms with Gasteiger partial charge in [0.15, 0.2) is 0 Å². The third-order valence-electron chi connectivity index (χ3n) is 1.17. The third-order valence-corrected chi connectivity index (χ3v) is 1.17. The molecule has 0 amide bonds. The Hall–Kier alpha value is -1.52. The largest absolute Gasteiger partial charge is 0.346 e. The summed E-state index contributed by atoms with van der Waals surface area (Å²) >= 11 is 0. The fraction of sp³-hybridized carbons (Fsp3) is 0.429. The van der Waals surface area contributed by atoms with Crippen molar-refractivity contribution in [2.45, 2.75) is 20.8 Å². The Kier molecular flexibility index (Phi) is 3.82. The van der Waals surface area contributed by atoms with Gasteiger partial charge >= 0.3 is 5.69 Å². The molecule has 3 N–H and O–H groups in total. The highest BCUT2D eigenvalue weighted by molar-refractivity contribution is 4.97. The fourth-order valence-corrected chi connectivity index (χ4v) is 0.621. The van der Waals surface area contributed by atoms with Gasteiger partial charge in [0.05, 0.1) is 0 Å². The third kappa shape index (κ3) is 2.26. The van der Waals surface area contributed by atoms with Gasteiger partial charge in [0.2, 0.25) is 0 Å². The van der Waals surface area contributed by atoms with Crippen molar-refractivity contribution < 1.29 is 0 Å². The van der Waals surface area contributed by atoms with E-state index >= 15 is 0 Å². The van der Waals surface area contributed by atoms with Crippen LogP contribution in [0, 0.1) is 6.92 Å². The zero-order valence-corrected chi connectivity index (χ0v) is 7.42. The predicted octanol–water partition coefficient (Wildman–Crippen LogP) is -0.415. The van der Waals surface area contributed by atoms with E-state index < -0.39 is 11.2 Å². The Morgan fingerprint density at radius 2 is 1.92 bits per heavy atom. The van der Waals surface area contributed by atoms with Crippen molar-refractivity contribution >= 4 is 0 Å². The SMILES string of the molecule is CC.Cc1cc(=O)[nH]c(=O)n1N. The normalized spacial score (nSPS) is 8.58. The van der Waals surface area contributed by atoms with Crippen molar-refractivity contribution in [3.63, 3.8) is 0 Å². The second-order valence-corrected chi connectivity index (χ2v) is 1.95. The number of aromatic amines is 1. The lowest BCUT2D eigenvalue weighted by molar-refractivity contribution is 0.818. The van der Waals surface area contributed by atoms with Crippen molar-refractivity contribution in [3.05, 3.63) is 32.6 Å². The summed E-state index contributed by atoms with van der Waals surface area (Å²) in [5.41, 5.74) is -0.581. The van der Waals surface area contributed by atoms with E-state index in [-0.39, 0.29) is 0 Å². The first kappa shape index (κ1) is 10.5. The quantitative estimate of drug-likeness (QED) is 0.520. The number of aromatic nitrogens is 2. The van der Waals surface area contributed by atoms with Crippen LogP contribution < -0.4 is 17.1 Å². The van der Waals surface area contributed by atoms with Crippen LogP contribution in [0.25, 0.3) is 0 Å². The van der Waals surface area contributed by atoms with Crippen molar-refractivity contribution in [2.75, 3.05) is 5.84 Å². The van der Waals surface area contributed by atoms with Gasteiger partial charge in [0.25, 0.3) is 5.56 Å². The summed E-state index contributed by atoms with van der Waals surface area (Å²) in [6.45, 7) is 5.58.